The van der Waals surface area contributed by atoms with Crippen LogP contribution in [0.2, 0.25) is 0 Å². The lowest BCUT2D eigenvalue weighted by molar-refractivity contribution is -0.144. The average molecular weight is 413 g/mol. The van der Waals surface area contributed by atoms with Crippen LogP contribution in [-0.4, -0.2) is 39.5 Å². The van der Waals surface area contributed by atoms with Crippen molar-refractivity contribution in [3.8, 4) is 23.0 Å². The molecule has 8 heteroatoms. The van der Waals surface area contributed by atoms with E-state index in [0.29, 0.717) is 28.6 Å². The van der Waals surface area contributed by atoms with Crippen molar-refractivity contribution in [2.75, 3.05) is 27.6 Å². The van der Waals surface area contributed by atoms with Gasteiger partial charge in [0.05, 0.1) is 20.3 Å². The number of hydrogen-bond acceptors (Lipinski definition) is 7. The van der Waals surface area contributed by atoms with Crippen LogP contribution in [0.15, 0.2) is 42.5 Å². The average Bonchev–Trinajstić information content (AvgIpc) is 3.23. The van der Waals surface area contributed by atoms with Crippen molar-refractivity contribution in [3.05, 3.63) is 53.6 Å². The number of ether oxygens (including phenoxy) is 5. The van der Waals surface area contributed by atoms with Gasteiger partial charge in [0.2, 0.25) is 6.79 Å². The van der Waals surface area contributed by atoms with Crippen molar-refractivity contribution in [1.82, 2.24) is 5.32 Å². The molecule has 1 amide bonds. The van der Waals surface area contributed by atoms with Crippen LogP contribution in [0.25, 0.3) is 6.08 Å². The maximum Gasteiger partial charge on any atom is 0.331 e. The molecule has 0 saturated carbocycles. The molecule has 0 unspecified atom stereocenters. The molecule has 3 rings (SSSR count). The summed E-state index contributed by atoms with van der Waals surface area (Å²) in [4.78, 5) is 24.1. The molecule has 0 aromatic heterocycles. The fourth-order valence-electron chi connectivity index (χ4n) is 2.86. The van der Waals surface area contributed by atoms with Crippen molar-refractivity contribution in [2.45, 2.75) is 13.0 Å². The van der Waals surface area contributed by atoms with Gasteiger partial charge < -0.3 is 29.0 Å². The van der Waals surface area contributed by atoms with Crippen LogP contribution < -0.4 is 24.3 Å². The summed E-state index contributed by atoms with van der Waals surface area (Å²) in [5.74, 6) is 1.45. The van der Waals surface area contributed by atoms with Gasteiger partial charge in [0, 0.05) is 11.6 Å². The van der Waals surface area contributed by atoms with E-state index >= 15 is 0 Å². The van der Waals surface area contributed by atoms with Crippen LogP contribution in [0.1, 0.15) is 24.1 Å². The standard InChI is InChI=1S/C22H23NO7/c1-14(15-4-7-19-20(11-15)30-13-29-19)23-21(24)12-28-22(25)9-5-16-10-17(26-2)6-8-18(16)27-3/h4-11,14H,12-13H2,1-3H3,(H,23,24)/b9-5+/t14-/m1/s1. The number of amides is 1. The Labute approximate surface area is 174 Å². The molecular formula is C22H23NO7. The molecular weight excluding hydrogens is 390 g/mol. The first-order chi connectivity index (χ1) is 14.5. The van der Waals surface area contributed by atoms with Gasteiger partial charge in [0.1, 0.15) is 11.5 Å². The zero-order valence-corrected chi connectivity index (χ0v) is 17.0. The van der Waals surface area contributed by atoms with Crippen LogP contribution in [0.3, 0.4) is 0 Å². The number of benzene rings is 2. The lowest BCUT2D eigenvalue weighted by Crippen LogP contribution is -2.30. The van der Waals surface area contributed by atoms with Gasteiger partial charge in [0.15, 0.2) is 18.1 Å². The van der Waals surface area contributed by atoms with Crippen molar-refractivity contribution >= 4 is 18.0 Å². The van der Waals surface area contributed by atoms with E-state index in [1.165, 1.54) is 19.3 Å². The van der Waals surface area contributed by atoms with Gasteiger partial charge in [-0.2, -0.15) is 0 Å². The van der Waals surface area contributed by atoms with E-state index in [4.69, 9.17) is 23.7 Å². The quantitative estimate of drug-likeness (QED) is 0.525. The van der Waals surface area contributed by atoms with Crippen LogP contribution in [0.4, 0.5) is 0 Å². The zero-order valence-electron chi connectivity index (χ0n) is 17.0. The molecule has 1 aliphatic rings. The van der Waals surface area contributed by atoms with Gasteiger partial charge in [-0.05, 0) is 48.9 Å². The monoisotopic (exact) mass is 413 g/mol. The molecule has 1 N–H and O–H groups in total. The van der Waals surface area contributed by atoms with Gasteiger partial charge in [-0.15, -0.1) is 0 Å². The molecule has 8 nitrogen and oxygen atoms in total. The number of carbonyl (C=O) groups excluding carboxylic acids is 2. The Kier molecular flexibility index (Phi) is 6.79. The molecule has 0 spiro atoms. The highest BCUT2D eigenvalue weighted by atomic mass is 16.7. The molecule has 1 aliphatic heterocycles. The second-order valence-electron chi connectivity index (χ2n) is 6.45. The topological polar surface area (TPSA) is 92.3 Å². The maximum absolute atomic E-state index is 12.1. The Morgan fingerprint density at radius 3 is 2.67 bits per heavy atom. The number of carbonyl (C=O) groups is 2. The van der Waals surface area contributed by atoms with Crippen molar-refractivity contribution in [1.29, 1.82) is 0 Å². The largest absolute Gasteiger partial charge is 0.497 e. The normalized spacial score (nSPS) is 13.0. The molecule has 0 fully saturated rings. The Morgan fingerprint density at radius 1 is 1.10 bits per heavy atom. The van der Waals surface area contributed by atoms with Gasteiger partial charge in [-0.3, -0.25) is 4.79 Å². The highest BCUT2D eigenvalue weighted by Crippen LogP contribution is 2.34. The molecule has 30 heavy (non-hydrogen) atoms. The Balaban J connectivity index is 1.51. The summed E-state index contributed by atoms with van der Waals surface area (Å²) in [6.45, 7) is 1.62. The molecule has 158 valence electrons. The van der Waals surface area contributed by atoms with E-state index in [9.17, 15) is 9.59 Å². The summed E-state index contributed by atoms with van der Waals surface area (Å²) >= 11 is 0. The molecule has 0 aliphatic carbocycles. The summed E-state index contributed by atoms with van der Waals surface area (Å²) in [5.41, 5.74) is 1.50. The van der Waals surface area contributed by atoms with E-state index in [1.807, 2.05) is 19.1 Å². The van der Waals surface area contributed by atoms with E-state index in [-0.39, 0.29) is 12.8 Å². The van der Waals surface area contributed by atoms with Gasteiger partial charge in [-0.1, -0.05) is 6.07 Å². The third-order valence-corrected chi connectivity index (χ3v) is 4.46. The number of esters is 1. The summed E-state index contributed by atoms with van der Waals surface area (Å²) in [7, 11) is 3.08. The van der Waals surface area contributed by atoms with Crippen LogP contribution >= 0.6 is 0 Å². The zero-order chi connectivity index (χ0) is 21.5. The van der Waals surface area contributed by atoms with E-state index in [0.717, 1.165) is 5.56 Å². The van der Waals surface area contributed by atoms with Crippen LogP contribution in [-0.2, 0) is 14.3 Å². The number of methoxy groups -OCH3 is 2. The smallest absolute Gasteiger partial charge is 0.331 e. The predicted molar refractivity (Wildman–Crippen MR) is 109 cm³/mol. The van der Waals surface area contributed by atoms with Crippen molar-refractivity contribution in [2.24, 2.45) is 0 Å². The first kappa shape index (κ1) is 21.0. The minimum Gasteiger partial charge on any atom is -0.497 e. The fraction of sp³-hybridized carbons (Fsp3) is 0.273. The van der Waals surface area contributed by atoms with E-state index < -0.39 is 18.5 Å². The highest BCUT2D eigenvalue weighted by molar-refractivity contribution is 5.89. The first-order valence-corrected chi connectivity index (χ1v) is 9.26. The van der Waals surface area contributed by atoms with Crippen LogP contribution in [0, 0.1) is 0 Å². The number of fused-ring (bicyclic) bond motifs is 1. The van der Waals surface area contributed by atoms with Gasteiger partial charge >= 0.3 is 5.97 Å². The second-order valence-corrected chi connectivity index (χ2v) is 6.45. The molecule has 1 heterocycles. The first-order valence-electron chi connectivity index (χ1n) is 9.26. The summed E-state index contributed by atoms with van der Waals surface area (Å²) in [5, 5.41) is 2.78. The molecule has 0 radical (unpaired) electrons. The molecule has 1 atom stereocenters. The number of hydrogen-bond donors (Lipinski definition) is 1. The molecule has 0 bridgehead atoms. The SMILES string of the molecule is COc1ccc(OC)c(/C=C/C(=O)OCC(=O)N[C@H](C)c2ccc3c(c2)OCO3)c1. The molecule has 2 aromatic carbocycles. The summed E-state index contributed by atoms with van der Waals surface area (Å²) < 4.78 is 26.0. The highest BCUT2D eigenvalue weighted by Gasteiger charge is 2.17. The van der Waals surface area contributed by atoms with E-state index in [1.54, 1.807) is 31.4 Å². The fourth-order valence-corrected chi connectivity index (χ4v) is 2.86. The Hall–Kier alpha value is -3.68. The number of nitrogens with one attached hydrogen (secondary N) is 1. The molecule has 0 saturated heterocycles. The van der Waals surface area contributed by atoms with Crippen LogP contribution in [0.5, 0.6) is 23.0 Å². The molecule has 2 aromatic rings. The lowest BCUT2D eigenvalue weighted by Gasteiger charge is -2.14. The van der Waals surface area contributed by atoms with Crippen molar-refractivity contribution in [3.63, 3.8) is 0 Å². The minimum absolute atomic E-state index is 0.185. The van der Waals surface area contributed by atoms with Gasteiger partial charge in [-0.25, -0.2) is 4.79 Å². The summed E-state index contributed by atoms with van der Waals surface area (Å²) in [6.07, 6.45) is 2.77. The minimum atomic E-state index is -0.647. The van der Waals surface area contributed by atoms with E-state index in [2.05, 4.69) is 5.32 Å². The van der Waals surface area contributed by atoms with Gasteiger partial charge in [0.25, 0.3) is 5.91 Å². The lowest BCUT2D eigenvalue weighted by atomic mass is 10.1. The Morgan fingerprint density at radius 2 is 1.90 bits per heavy atom. The third-order valence-electron chi connectivity index (χ3n) is 4.46. The maximum atomic E-state index is 12.1. The number of rotatable bonds is 8. The third kappa shape index (κ3) is 5.22. The summed E-state index contributed by atoms with van der Waals surface area (Å²) in [6, 6.07) is 10.4. The predicted octanol–water partition coefficient (Wildman–Crippen LogP) is 2.87. The Bertz CT molecular complexity index is 954. The second kappa shape index (κ2) is 9.69. The van der Waals surface area contributed by atoms with Crippen molar-refractivity contribution < 1.29 is 33.3 Å².